The molecule has 1 aliphatic heterocycles. The predicted molar refractivity (Wildman–Crippen MR) is 83.2 cm³/mol. The largest absolute Gasteiger partial charge is 0.457 e. The monoisotopic (exact) mass is 337 g/mol. The molecule has 10 heteroatoms. The van der Waals surface area contributed by atoms with Gasteiger partial charge in [-0.15, -0.1) is 0 Å². The first-order chi connectivity index (χ1) is 11.3. The summed E-state index contributed by atoms with van der Waals surface area (Å²) in [5, 5.41) is 3.60. The number of azide groups is 1. The lowest BCUT2D eigenvalue weighted by Crippen LogP contribution is -2.40. The summed E-state index contributed by atoms with van der Waals surface area (Å²) in [6.45, 7) is 4.96. The maximum atomic E-state index is 12.1. The Labute approximate surface area is 137 Å². The zero-order valence-corrected chi connectivity index (χ0v) is 13.6. The molecule has 1 N–H and O–H groups in total. The summed E-state index contributed by atoms with van der Waals surface area (Å²) in [7, 11) is 0. The molecule has 0 amide bonds. The van der Waals surface area contributed by atoms with Crippen LogP contribution in [-0.4, -0.2) is 33.8 Å². The highest BCUT2D eigenvalue weighted by molar-refractivity contribution is 5.66. The van der Waals surface area contributed by atoms with Gasteiger partial charge < -0.3 is 9.47 Å². The fourth-order valence-corrected chi connectivity index (χ4v) is 3.01. The van der Waals surface area contributed by atoms with Crippen molar-refractivity contribution in [1.29, 1.82) is 0 Å². The van der Waals surface area contributed by atoms with E-state index in [1.807, 2.05) is 6.92 Å². The molecule has 0 saturated carbocycles. The quantitative estimate of drug-likeness (QED) is 0.371. The molecule has 2 rings (SSSR count). The Balaban J connectivity index is 2.50. The molecule has 4 atom stereocenters. The van der Waals surface area contributed by atoms with E-state index in [4.69, 9.17) is 15.0 Å². The van der Waals surface area contributed by atoms with Crippen molar-refractivity contribution in [3.63, 3.8) is 0 Å². The Morgan fingerprint density at radius 2 is 2.29 bits per heavy atom. The van der Waals surface area contributed by atoms with E-state index in [0.29, 0.717) is 6.42 Å². The van der Waals surface area contributed by atoms with E-state index in [-0.39, 0.29) is 12.5 Å². The highest BCUT2D eigenvalue weighted by Crippen LogP contribution is 2.44. The van der Waals surface area contributed by atoms with Crippen LogP contribution in [0.25, 0.3) is 10.4 Å². The number of carbonyl (C=O) groups is 1. The summed E-state index contributed by atoms with van der Waals surface area (Å²) in [5.41, 5.74) is 6.52. The Kier molecular flexibility index (Phi) is 5.10. The summed E-state index contributed by atoms with van der Waals surface area (Å²) in [6, 6.07) is 1.18. The molecule has 1 aliphatic rings. The summed E-state index contributed by atoms with van der Waals surface area (Å²) < 4.78 is 12.6. The maximum absolute atomic E-state index is 12.1. The predicted octanol–water partition coefficient (Wildman–Crippen LogP) is 1.09. The number of aromatic amines is 1. The molecule has 1 unspecified atom stereocenters. The van der Waals surface area contributed by atoms with Crippen LogP contribution in [-0.2, 0) is 14.3 Å². The summed E-state index contributed by atoms with van der Waals surface area (Å²) >= 11 is 0. The molecule has 0 bridgehead atoms. The molecular weight excluding hydrogens is 318 g/mol. The summed E-state index contributed by atoms with van der Waals surface area (Å²) in [6.07, 6.45) is 0.0792. The van der Waals surface area contributed by atoms with Crippen molar-refractivity contribution in [3.8, 4) is 0 Å². The molecule has 10 nitrogen and oxygen atoms in total. The average Bonchev–Trinajstić information content (AvgIpc) is 2.79. The van der Waals surface area contributed by atoms with Gasteiger partial charge in [0.1, 0.15) is 0 Å². The first-order valence-electron chi connectivity index (χ1n) is 7.52. The second kappa shape index (κ2) is 6.90. The van der Waals surface area contributed by atoms with Crippen molar-refractivity contribution in [2.45, 2.75) is 45.1 Å². The van der Waals surface area contributed by atoms with Gasteiger partial charge in [0.25, 0.3) is 5.56 Å². The molecule has 1 aromatic heterocycles. The number of hydrogen-bond donors (Lipinski definition) is 1. The number of hydrogen-bond acceptors (Lipinski definition) is 6. The number of ether oxygens (including phenoxy) is 2. The number of aromatic nitrogens is 2. The topological polar surface area (TPSA) is 139 Å². The second-order valence-electron chi connectivity index (χ2n) is 5.70. The summed E-state index contributed by atoms with van der Waals surface area (Å²) in [4.78, 5) is 39.7. The van der Waals surface area contributed by atoms with Crippen molar-refractivity contribution < 1.29 is 14.3 Å². The highest BCUT2D eigenvalue weighted by Gasteiger charge is 2.54. The van der Waals surface area contributed by atoms with Crippen LogP contribution in [0.2, 0.25) is 0 Å². The van der Waals surface area contributed by atoms with Gasteiger partial charge in [0.15, 0.2) is 12.3 Å². The second-order valence-corrected chi connectivity index (χ2v) is 5.70. The van der Waals surface area contributed by atoms with Crippen LogP contribution >= 0.6 is 0 Å². The third kappa shape index (κ3) is 3.19. The van der Waals surface area contributed by atoms with Crippen molar-refractivity contribution in [2.24, 2.45) is 11.0 Å². The van der Waals surface area contributed by atoms with Gasteiger partial charge in [-0.2, -0.15) is 0 Å². The minimum atomic E-state index is -0.929. The lowest BCUT2D eigenvalue weighted by Gasteiger charge is -2.30. The number of rotatable bonds is 5. The Morgan fingerprint density at radius 3 is 2.83 bits per heavy atom. The lowest BCUT2D eigenvalue weighted by atomic mass is 9.85. The van der Waals surface area contributed by atoms with Crippen LogP contribution in [0.4, 0.5) is 0 Å². The molecule has 0 spiro atoms. The van der Waals surface area contributed by atoms with Gasteiger partial charge in [0, 0.05) is 30.0 Å². The smallest absolute Gasteiger partial charge is 0.330 e. The normalized spacial score (nSPS) is 29.0. The van der Waals surface area contributed by atoms with E-state index in [0.717, 1.165) is 0 Å². The fraction of sp³-hybridized carbons (Fsp3) is 0.643. The Morgan fingerprint density at radius 1 is 1.58 bits per heavy atom. The molecule has 1 fully saturated rings. The highest BCUT2D eigenvalue weighted by atomic mass is 16.6. The molecule has 1 saturated heterocycles. The van der Waals surface area contributed by atoms with Gasteiger partial charge in [0.2, 0.25) is 0 Å². The molecule has 130 valence electrons. The minimum absolute atomic E-state index is 0.0353. The van der Waals surface area contributed by atoms with E-state index >= 15 is 0 Å². The lowest BCUT2D eigenvalue weighted by molar-refractivity contribution is -0.154. The van der Waals surface area contributed by atoms with E-state index in [1.54, 1.807) is 6.92 Å². The minimum Gasteiger partial charge on any atom is -0.457 e. The van der Waals surface area contributed by atoms with Gasteiger partial charge in [-0.05, 0) is 12.0 Å². The molecule has 1 aromatic rings. The van der Waals surface area contributed by atoms with Crippen LogP contribution in [0.3, 0.4) is 0 Å². The zero-order chi connectivity index (χ0) is 17.9. The zero-order valence-electron chi connectivity index (χ0n) is 13.6. The van der Waals surface area contributed by atoms with Crippen molar-refractivity contribution in [2.75, 3.05) is 6.54 Å². The average molecular weight is 337 g/mol. The standard InChI is InChI=1S/C14H19N5O5/c1-4-14(7-16-18-15)8(2)11(23-9(3)20)12(24-14)19-6-5-10(21)17-13(19)22/h5-6,8,11-12H,4,7H2,1-3H3,(H,17,21,22)/t8-,11?,12+,14-/m0/s1. The number of H-pyrrole nitrogens is 1. The third-order valence-corrected chi connectivity index (χ3v) is 4.39. The first-order valence-corrected chi connectivity index (χ1v) is 7.52. The molecular formula is C14H19N5O5. The molecule has 0 radical (unpaired) electrons. The van der Waals surface area contributed by atoms with Crippen LogP contribution in [0.15, 0.2) is 27.0 Å². The third-order valence-electron chi connectivity index (χ3n) is 4.39. The van der Waals surface area contributed by atoms with E-state index in [2.05, 4.69) is 15.0 Å². The van der Waals surface area contributed by atoms with Gasteiger partial charge in [-0.1, -0.05) is 19.0 Å². The SMILES string of the molecule is CC[C@@]1(CN=[N+]=[N-])O[C@@H](n2ccc(=O)[nH]c2=O)C(OC(C)=O)[C@@H]1C. The van der Waals surface area contributed by atoms with Crippen molar-refractivity contribution in [1.82, 2.24) is 9.55 Å². The Hall–Kier alpha value is -2.58. The van der Waals surface area contributed by atoms with Crippen molar-refractivity contribution >= 4 is 5.97 Å². The van der Waals surface area contributed by atoms with Crippen LogP contribution in [0.1, 0.15) is 33.4 Å². The molecule has 0 aliphatic carbocycles. The van der Waals surface area contributed by atoms with Crippen LogP contribution in [0, 0.1) is 5.92 Å². The number of carbonyl (C=O) groups excluding carboxylic acids is 1. The molecule has 24 heavy (non-hydrogen) atoms. The van der Waals surface area contributed by atoms with E-state index in [9.17, 15) is 14.4 Å². The molecule has 0 aromatic carbocycles. The molecule has 2 heterocycles. The van der Waals surface area contributed by atoms with Crippen molar-refractivity contribution in [3.05, 3.63) is 43.5 Å². The maximum Gasteiger partial charge on any atom is 0.330 e. The Bertz CT molecular complexity index is 780. The van der Waals surface area contributed by atoms with Gasteiger partial charge in [0.05, 0.1) is 12.1 Å². The number of nitrogens with zero attached hydrogens (tertiary/aromatic N) is 4. The summed E-state index contributed by atoms with van der Waals surface area (Å²) in [5.74, 6) is -0.852. The number of esters is 1. The van der Waals surface area contributed by atoms with E-state index < -0.39 is 35.2 Å². The number of nitrogens with one attached hydrogen (secondary N) is 1. The van der Waals surface area contributed by atoms with Gasteiger partial charge >= 0.3 is 11.7 Å². The van der Waals surface area contributed by atoms with Gasteiger partial charge in [-0.3, -0.25) is 19.1 Å². The van der Waals surface area contributed by atoms with Gasteiger partial charge in [-0.25, -0.2) is 4.79 Å². The van der Waals surface area contributed by atoms with Crippen LogP contribution < -0.4 is 11.2 Å². The fourth-order valence-electron chi connectivity index (χ4n) is 3.01. The van der Waals surface area contributed by atoms with E-state index in [1.165, 1.54) is 23.8 Å². The van der Waals surface area contributed by atoms with Crippen LogP contribution in [0.5, 0.6) is 0 Å². The first kappa shape index (κ1) is 17.8.